The van der Waals surface area contributed by atoms with Crippen LogP contribution in [-0.2, 0) is 24.0 Å². The Labute approximate surface area is 177 Å². The molecule has 8 nitrogen and oxygen atoms in total. The average molecular weight is 437 g/mol. The van der Waals surface area contributed by atoms with Crippen molar-refractivity contribution in [1.29, 1.82) is 0 Å². The molecule has 10 heteroatoms. The van der Waals surface area contributed by atoms with E-state index in [2.05, 4.69) is 10.6 Å². The molecule has 2 N–H and O–H groups in total. The lowest BCUT2D eigenvalue weighted by atomic mass is 10.0. The number of benzene rings is 1. The van der Waals surface area contributed by atoms with Crippen molar-refractivity contribution in [3.63, 3.8) is 0 Å². The molecule has 0 unspecified atom stereocenters. The van der Waals surface area contributed by atoms with Crippen LogP contribution in [0.1, 0.15) is 32.3 Å². The van der Waals surface area contributed by atoms with E-state index in [1.807, 2.05) is 13.8 Å². The number of halogens is 1. The third kappa shape index (κ3) is 4.58. The van der Waals surface area contributed by atoms with Gasteiger partial charge in [0.15, 0.2) is 6.61 Å². The van der Waals surface area contributed by atoms with Crippen LogP contribution >= 0.6 is 11.8 Å². The van der Waals surface area contributed by atoms with Gasteiger partial charge in [0.25, 0.3) is 5.91 Å². The molecular weight excluding hydrogens is 413 g/mol. The summed E-state index contributed by atoms with van der Waals surface area (Å²) in [5, 5.41) is 4.61. The molecule has 162 valence electrons. The van der Waals surface area contributed by atoms with Crippen LogP contribution in [0, 0.1) is 11.7 Å². The molecule has 2 aliphatic rings. The van der Waals surface area contributed by atoms with Gasteiger partial charge < -0.3 is 15.0 Å². The second-order valence-electron chi connectivity index (χ2n) is 7.64. The number of carbonyl (C=O) groups is 4. The minimum absolute atomic E-state index is 0.191. The highest BCUT2D eigenvalue weighted by atomic mass is 32.2. The molecule has 30 heavy (non-hydrogen) atoms. The summed E-state index contributed by atoms with van der Waals surface area (Å²) in [5.41, 5.74) is 0.745. The van der Waals surface area contributed by atoms with Gasteiger partial charge in [-0.1, -0.05) is 26.0 Å². The predicted octanol–water partition coefficient (Wildman–Crippen LogP) is 1.74. The Hall–Kier alpha value is -2.62. The van der Waals surface area contributed by atoms with Crippen LogP contribution in [0.2, 0.25) is 0 Å². The van der Waals surface area contributed by atoms with Crippen molar-refractivity contribution >= 4 is 35.6 Å². The number of hydrogen-bond donors (Lipinski definition) is 2. The number of urea groups is 1. The Bertz CT molecular complexity index is 847. The molecule has 0 spiro atoms. The molecule has 1 aromatic carbocycles. The van der Waals surface area contributed by atoms with E-state index in [0.717, 1.165) is 5.56 Å². The van der Waals surface area contributed by atoms with Crippen molar-refractivity contribution in [2.75, 3.05) is 18.9 Å². The van der Waals surface area contributed by atoms with Crippen LogP contribution in [0.4, 0.5) is 9.18 Å². The summed E-state index contributed by atoms with van der Waals surface area (Å²) >= 11 is 1.43. The number of hydrogen-bond acceptors (Lipinski definition) is 6. The fraction of sp³-hybridized carbons (Fsp3) is 0.500. The van der Waals surface area contributed by atoms with E-state index >= 15 is 0 Å². The Morgan fingerprint density at radius 1 is 1.30 bits per heavy atom. The molecule has 2 fully saturated rings. The van der Waals surface area contributed by atoms with Gasteiger partial charge in [0, 0.05) is 18.7 Å². The maximum absolute atomic E-state index is 13.3. The molecule has 2 heterocycles. The zero-order chi connectivity index (χ0) is 21.9. The lowest BCUT2D eigenvalue weighted by Gasteiger charge is -2.33. The van der Waals surface area contributed by atoms with E-state index in [4.69, 9.17) is 4.74 Å². The Kier molecular flexibility index (Phi) is 6.64. The van der Waals surface area contributed by atoms with Gasteiger partial charge in [0.1, 0.15) is 16.7 Å². The normalized spacial score (nSPS) is 22.7. The van der Waals surface area contributed by atoms with Crippen LogP contribution in [0.5, 0.6) is 0 Å². The molecule has 0 aliphatic carbocycles. The van der Waals surface area contributed by atoms with Crippen molar-refractivity contribution in [2.45, 2.75) is 37.6 Å². The van der Waals surface area contributed by atoms with Crippen LogP contribution in [0.3, 0.4) is 0 Å². The molecule has 2 atom stereocenters. The molecule has 4 amide bonds. The van der Waals surface area contributed by atoms with Crippen LogP contribution in [0.15, 0.2) is 24.3 Å². The second-order valence-corrected chi connectivity index (χ2v) is 8.94. The quantitative estimate of drug-likeness (QED) is 0.657. The SMILES string of the molecule is CC(C)CNC(=O)NC(=O)COC(=O)[C@@H]1CS[C@]2(c3ccc(F)cc3)CCC(=O)N12. The Morgan fingerprint density at radius 3 is 2.67 bits per heavy atom. The number of nitrogens with zero attached hydrogens (tertiary/aromatic N) is 1. The molecule has 2 saturated heterocycles. The van der Waals surface area contributed by atoms with E-state index in [0.29, 0.717) is 18.7 Å². The van der Waals surface area contributed by atoms with Gasteiger partial charge in [-0.15, -0.1) is 11.8 Å². The third-order valence-electron chi connectivity index (χ3n) is 4.96. The Balaban J connectivity index is 1.60. The summed E-state index contributed by atoms with van der Waals surface area (Å²) in [4.78, 5) is 49.3. The van der Waals surface area contributed by atoms with Crippen molar-refractivity contribution in [3.05, 3.63) is 35.6 Å². The van der Waals surface area contributed by atoms with Gasteiger partial charge >= 0.3 is 12.0 Å². The Morgan fingerprint density at radius 2 is 2.00 bits per heavy atom. The fourth-order valence-corrected chi connectivity index (χ4v) is 5.20. The number of fused-ring (bicyclic) bond motifs is 1. The lowest BCUT2D eigenvalue weighted by molar-refractivity contribution is -0.156. The third-order valence-corrected chi connectivity index (χ3v) is 6.56. The molecule has 1 aromatic rings. The monoisotopic (exact) mass is 437 g/mol. The average Bonchev–Trinajstić information content (AvgIpc) is 3.24. The van der Waals surface area contributed by atoms with Gasteiger partial charge in [-0.05, 0) is 30.0 Å². The van der Waals surface area contributed by atoms with Crippen LogP contribution in [-0.4, -0.2) is 53.7 Å². The standard InChI is InChI=1S/C20H24FN3O5S/c1-12(2)9-22-19(28)23-16(25)10-29-18(27)15-11-30-20(8-7-17(26)24(15)20)13-3-5-14(21)6-4-13/h3-6,12,15H,7-11H2,1-2H3,(H2,22,23,25,28)/t15-,20-/m0/s1. The van der Waals surface area contributed by atoms with Crippen molar-refractivity contribution in [3.8, 4) is 0 Å². The molecule has 0 radical (unpaired) electrons. The largest absolute Gasteiger partial charge is 0.454 e. The summed E-state index contributed by atoms with van der Waals surface area (Å²) in [5.74, 6) is -1.51. The first-order valence-corrected chi connectivity index (χ1v) is 10.7. The maximum atomic E-state index is 13.3. The van der Waals surface area contributed by atoms with Gasteiger partial charge in [-0.3, -0.25) is 14.9 Å². The summed E-state index contributed by atoms with van der Waals surface area (Å²) < 4.78 is 18.4. The molecule has 0 saturated carbocycles. The molecular formula is C20H24FN3O5S. The van der Waals surface area contributed by atoms with Crippen LogP contribution < -0.4 is 10.6 Å². The molecule has 0 bridgehead atoms. The van der Waals surface area contributed by atoms with E-state index in [9.17, 15) is 23.6 Å². The number of carbonyl (C=O) groups excluding carboxylic acids is 4. The van der Waals surface area contributed by atoms with E-state index in [1.165, 1.54) is 28.8 Å². The minimum atomic E-state index is -0.849. The molecule has 0 aromatic heterocycles. The minimum Gasteiger partial charge on any atom is -0.454 e. The number of thioether (sulfide) groups is 1. The summed E-state index contributed by atoms with van der Waals surface area (Å²) in [6.45, 7) is 3.60. The van der Waals surface area contributed by atoms with Gasteiger partial charge in [0.2, 0.25) is 5.91 Å². The highest BCUT2D eigenvalue weighted by molar-refractivity contribution is 8.00. The summed E-state index contributed by atoms with van der Waals surface area (Å²) in [6, 6.07) is 4.37. The van der Waals surface area contributed by atoms with Gasteiger partial charge in [-0.25, -0.2) is 14.0 Å². The number of amides is 4. The summed E-state index contributed by atoms with van der Waals surface area (Å²) in [6.07, 6.45) is 0.771. The van der Waals surface area contributed by atoms with E-state index < -0.39 is 35.4 Å². The predicted molar refractivity (Wildman–Crippen MR) is 108 cm³/mol. The first-order chi connectivity index (χ1) is 14.2. The van der Waals surface area contributed by atoms with Crippen LogP contribution in [0.25, 0.3) is 0 Å². The number of nitrogens with one attached hydrogen (secondary N) is 2. The molecule has 2 aliphatic heterocycles. The highest BCUT2D eigenvalue weighted by Crippen LogP contribution is 2.54. The smallest absolute Gasteiger partial charge is 0.330 e. The van der Waals surface area contributed by atoms with Gasteiger partial charge in [0.05, 0.1) is 0 Å². The zero-order valence-electron chi connectivity index (χ0n) is 16.8. The fourth-order valence-electron chi connectivity index (χ4n) is 3.56. The van der Waals surface area contributed by atoms with Crippen molar-refractivity contribution in [1.82, 2.24) is 15.5 Å². The second kappa shape index (κ2) is 9.03. The van der Waals surface area contributed by atoms with Crippen molar-refractivity contribution < 1.29 is 28.3 Å². The number of esters is 1. The number of ether oxygens (including phenoxy) is 1. The number of imide groups is 1. The maximum Gasteiger partial charge on any atom is 0.330 e. The number of rotatable bonds is 6. The zero-order valence-corrected chi connectivity index (χ0v) is 17.6. The van der Waals surface area contributed by atoms with Crippen molar-refractivity contribution in [2.24, 2.45) is 5.92 Å². The first kappa shape index (κ1) is 22.1. The lowest BCUT2D eigenvalue weighted by Crippen LogP contribution is -2.48. The van der Waals surface area contributed by atoms with E-state index in [-0.39, 0.29) is 24.1 Å². The summed E-state index contributed by atoms with van der Waals surface area (Å²) in [7, 11) is 0. The van der Waals surface area contributed by atoms with E-state index in [1.54, 1.807) is 12.1 Å². The first-order valence-electron chi connectivity index (χ1n) is 9.69. The topological polar surface area (TPSA) is 105 Å². The highest BCUT2D eigenvalue weighted by Gasteiger charge is 2.57. The molecule has 3 rings (SSSR count). The van der Waals surface area contributed by atoms with Gasteiger partial charge in [-0.2, -0.15) is 0 Å².